The average Bonchev–Trinajstić information content (AvgIpc) is 3.12. The standard InChI is InChI=1S/C23H29N3O3/c1-2-17-3-5-19(6-4-17)26-11-9-25(10-12-26)15-20(27)16-29-21-7-8-22-18(13-21)14-23(28)24-22/h3-8,13,20,27H,2,9-12,14-16H2,1H3,(H,24,28)/t20-/m1/s1. The molecule has 2 N–H and O–H groups in total. The lowest BCUT2D eigenvalue weighted by Gasteiger charge is -2.37. The van der Waals surface area contributed by atoms with Crippen molar-refractivity contribution in [3.8, 4) is 5.75 Å². The first kappa shape index (κ1) is 19.7. The van der Waals surface area contributed by atoms with Crippen LogP contribution < -0.4 is 15.0 Å². The molecule has 1 saturated heterocycles. The average molecular weight is 396 g/mol. The maximum Gasteiger partial charge on any atom is 0.228 e. The van der Waals surface area contributed by atoms with Gasteiger partial charge in [0.2, 0.25) is 5.91 Å². The van der Waals surface area contributed by atoms with E-state index < -0.39 is 6.10 Å². The fraction of sp³-hybridized carbons (Fsp3) is 0.435. The zero-order valence-corrected chi connectivity index (χ0v) is 16.9. The Balaban J connectivity index is 1.21. The Morgan fingerprint density at radius 1 is 1.10 bits per heavy atom. The molecule has 0 bridgehead atoms. The first-order chi connectivity index (χ1) is 14.1. The van der Waals surface area contributed by atoms with Crippen molar-refractivity contribution in [2.75, 3.05) is 49.5 Å². The van der Waals surface area contributed by atoms with E-state index >= 15 is 0 Å². The van der Waals surface area contributed by atoms with E-state index in [2.05, 4.69) is 46.3 Å². The number of hydrogen-bond donors (Lipinski definition) is 2. The number of amides is 1. The van der Waals surface area contributed by atoms with Crippen LogP contribution in [0.15, 0.2) is 42.5 Å². The van der Waals surface area contributed by atoms with E-state index in [1.807, 2.05) is 18.2 Å². The highest BCUT2D eigenvalue weighted by Gasteiger charge is 2.21. The topological polar surface area (TPSA) is 65.0 Å². The summed E-state index contributed by atoms with van der Waals surface area (Å²) in [6.07, 6.45) is 0.910. The van der Waals surface area contributed by atoms with E-state index in [4.69, 9.17) is 4.74 Å². The van der Waals surface area contributed by atoms with Crippen LogP contribution in [0.3, 0.4) is 0 Å². The van der Waals surface area contributed by atoms with E-state index in [9.17, 15) is 9.90 Å². The Labute approximate surface area is 172 Å². The molecule has 0 unspecified atom stereocenters. The van der Waals surface area contributed by atoms with Crippen LogP contribution in [0.1, 0.15) is 18.1 Å². The summed E-state index contributed by atoms with van der Waals surface area (Å²) in [7, 11) is 0. The Morgan fingerprint density at radius 3 is 2.59 bits per heavy atom. The number of aliphatic hydroxyl groups is 1. The monoisotopic (exact) mass is 395 g/mol. The van der Waals surface area contributed by atoms with E-state index in [0.717, 1.165) is 43.9 Å². The summed E-state index contributed by atoms with van der Waals surface area (Å²) in [5.41, 5.74) is 4.44. The molecule has 2 heterocycles. The van der Waals surface area contributed by atoms with Gasteiger partial charge in [0.05, 0.1) is 6.42 Å². The van der Waals surface area contributed by atoms with Crippen molar-refractivity contribution in [2.45, 2.75) is 25.9 Å². The highest BCUT2D eigenvalue weighted by Crippen LogP contribution is 2.27. The van der Waals surface area contributed by atoms with Gasteiger partial charge in [0.1, 0.15) is 18.5 Å². The molecule has 0 saturated carbocycles. The Morgan fingerprint density at radius 2 is 1.86 bits per heavy atom. The zero-order chi connectivity index (χ0) is 20.2. The highest BCUT2D eigenvalue weighted by atomic mass is 16.5. The van der Waals surface area contributed by atoms with Crippen molar-refractivity contribution in [1.29, 1.82) is 0 Å². The molecule has 1 fully saturated rings. The van der Waals surface area contributed by atoms with E-state index in [1.165, 1.54) is 11.3 Å². The predicted octanol–water partition coefficient (Wildman–Crippen LogP) is 2.31. The lowest BCUT2D eigenvalue weighted by molar-refractivity contribution is -0.115. The van der Waals surface area contributed by atoms with Gasteiger partial charge in [-0.05, 0) is 47.9 Å². The van der Waals surface area contributed by atoms with Gasteiger partial charge in [-0.15, -0.1) is 0 Å². The number of carbonyl (C=O) groups excluding carboxylic acids is 1. The second kappa shape index (κ2) is 8.84. The molecule has 4 rings (SSSR count). The quantitative estimate of drug-likeness (QED) is 0.753. The van der Waals surface area contributed by atoms with Gasteiger partial charge in [-0.3, -0.25) is 9.69 Å². The molecule has 2 aromatic carbocycles. The summed E-state index contributed by atoms with van der Waals surface area (Å²) in [5, 5.41) is 13.2. The Bertz CT molecular complexity index is 845. The van der Waals surface area contributed by atoms with Crippen LogP contribution in [0.4, 0.5) is 11.4 Å². The van der Waals surface area contributed by atoms with Crippen molar-refractivity contribution < 1.29 is 14.6 Å². The number of piperazine rings is 1. The van der Waals surface area contributed by atoms with Gasteiger partial charge < -0.3 is 20.1 Å². The summed E-state index contributed by atoms with van der Waals surface area (Å²) in [6, 6.07) is 14.4. The summed E-state index contributed by atoms with van der Waals surface area (Å²) in [4.78, 5) is 16.1. The number of nitrogens with one attached hydrogen (secondary N) is 1. The number of anilines is 2. The SMILES string of the molecule is CCc1ccc(N2CCN(C[C@@H](O)COc3ccc4c(c3)CC(=O)N4)CC2)cc1. The van der Waals surface area contributed by atoms with Crippen molar-refractivity contribution >= 4 is 17.3 Å². The van der Waals surface area contributed by atoms with Gasteiger partial charge in [-0.1, -0.05) is 19.1 Å². The van der Waals surface area contributed by atoms with Gasteiger partial charge in [-0.2, -0.15) is 0 Å². The molecule has 154 valence electrons. The summed E-state index contributed by atoms with van der Waals surface area (Å²) < 4.78 is 5.76. The van der Waals surface area contributed by atoms with Crippen molar-refractivity contribution in [3.63, 3.8) is 0 Å². The molecular formula is C23H29N3O3. The minimum Gasteiger partial charge on any atom is -0.491 e. The number of fused-ring (bicyclic) bond motifs is 1. The van der Waals surface area contributed by atoms with Gasteiger partial charge in [0.15, 0.2) is 0 Å². The highest BCUT2D eigenvalue weighted by molar-refractivity contribution is 5.99. The molecule has 0 aromatic heterocycles. The van der Waals surface area contributed by atoms with E-state index in [0.29, 0.717) is 18.7 Å². The number of hydrogen-bond acceptors (Lipinski definition) is 5. The molecule has 6 heteroatoms. The number of carbonyl (C=O) groups is 1. The summed E-state index contributed by atoms with van der Waals surface area (Å²) in [5.74, 6) is 0.706. The van der Waals surface area contributed by atoms with Crippen LogP contribution in [-0.2, 0) is 17.6 Å². The molecule has 0 aliphatic carbocycles. The lowest BCUT2D eigenvalue weighted by Crippen LogP contribution is -2.49. The van der Waals surface area contributed by atoms with Crippen LogP contribution in [0.2, 0.25) is 0 Å². The van der Waals surface area contributed by atoms with Crippen LogP contribution >= 0.6 is 0 Å². The number of nitrogens with zero attached hydrogens (tertiary/aromatic N) is 2. The van der Waals surface area contributed by atoms with Crippen LogP contribution in [0, 0.1) is 0 Å². The van der Waals surface area contributed by atoms with E-state index in [-0.39, 0.29) is 12.5 Å². The summed E-state index contributed by atoms with van der Waals surface area (Å²) >= 11 is 0. The first-order valence-electron chi connectivity index (χ1n) is 10.4. The van der Waals surface area contributed by atoms with Crippen LogP contribution in [0.25, 0.3) is 0 Å². The van der Waals surface area contributed by atoms with Crippen molar-refractivity contribution in [3.05, 3.63) is 53.6 Å². The molecule has 0 spiro atoms. The van der Waals surface area contributed by atoms with Crippen molar-refractivity contribution in [2.24, 2.45) is 0 Å². The molecular weight excluding hydrogens is 366 g/mol. The van der Waals surface area contributed by atoms with Crippen LogP contribution in [0.5, 0.6) is 5.75 Å². The molecule has 2 aliphatic rings. The van der Waals surface area contributed by atoms with Crippen molar-refractivity contribution in [1.82, 2.24) is 4.90 Å². The van der Waals surface area contributed by atoms with E-state index in [1.54, 1.807) is 0 Å². The fourth-order valence-corrected chi connectivity index (χ4v) is 3.97. The number of β-amino-alcohol motifs (C(OH)–C–C–N with tert-alkyl or cyclic N) is 1. The lowest BCUT2D eigenvalue weighted by atomic mass is 10.1. The Kier molecular flexibility index (Phi) is 6.02. The molecule has 2 aliphatic heterocycles. The zero-order valence-electron chi connectivity index (χ0n) is 16.9. The number of benzene rings is 2. The normalized spacial score (nSPS) is 17.7. The number of ether oxygens (including phenoxy) is 1. The third-order valence-electron chi connectivity index (χ3n) is 5.70. The molecule has 1 amide bonds. The fourth-order valence-electron chi connectivity index (χ4n) is 3.97. The van der Waals surface area contributed by atoms with Gasteiger partial charge in [0, 0.05) is 44.1 Å². The largest absolute Gasteiger partial charge is 0.491 e. The number of aliphatic hydroxyl groups excluding tert-OH is 1. The minimum absolute atomic E-state index is 0.0117. The minimum atomic E-state index is -0.543. The maximum absolute atomic E-state index is 11.4. The van der Waals surface area contributed by atoms with Gasteiger partial charge >= 0.3 is 0 Å². The second-order valence-corrected chi connectivity index (χ2v) is 7.82. The maximum atomic E-state index is 11.4. The van der Waals surface area contributed by atoms with Gasteiger partial charge in [-0.25, -0.2) is 0 Å². The number of rotatable bonds is 7. The molecule has 6 nitrogen and oxygen atoms in total. The first-order valence-corrected chi connectivity index (χ1v) is 10.4. The smallest absolute Gasteiger partial charge is 0.228 e. The third kappa shape index (κ3) is 4.89. The molecule has 1 atom stereocenters. The molecule has 2 aromatic rings. The summed E-state index contributed by atoms with van der Waals surface area (Å²) in [6.45, 7) is 6.81. The molecule has 29 heavy (non-hydrogen) atoms. The Hall–Kier alpha value is -2.57. The predicted molar refractivity (Wildman–Crippen MR) is 115 cm³/mol. The third-order valence-corrected chi connectivity index (χ3v) is 5.70. The van der Waals surface area contributed by atoms with Gasteiger partial charge in [0.25, 0.3) is 0 Å². The molecule has 0 radical (unpaired) electrons. The van der Waals surface area contributed by atoms with Crippen LogP contribution in [-0.4, -0.2) is 61.3 Å². The second-order valence-electron chi connectivity index (χ2n) is 7.82. The number of aryl methyl sites for hydroxylation is 1.